The lowest BCUT2D eigenvalue weighted by Gasteiger charge is -2.33. The molecule has 2 rings (SSSR count). The van der Waals surface area contributed by atoms with E-state index in [2.05, 4.69) is 38.0 Å². The van der Waals surface area contributed by atoms with Gasteiger partial charge in [0.25, 0.3) is 0 Å². The second-order valence-corrected chi connectivity index (χ2v) is 6.33. The zero-order valence-corrected chi connectivity index (χ0v) is 17.2. The molecule has 1 fully saturated rings. The lowest BCUT2D eigenvalue weighted by molar-refractivity contribution is 0.145. The number of aliphatic imine (C=N–C) groups is 1. The number of halogens is 1. The van der Waals surface area contributed by atoms with E-state index in [9.17, 15) is 0 Å². The number of thiophene rings is 1. The van der Waals surface area contributed by atoms with Gasteiger partial charge in [-0.05, 0) is 43.7 Å². The van der Waals surface area contributed by atoms with Crippen LogP contribution < -0.4 is 15.5 Å². The molecular weight excluding hydrogens is 423 g/mol. The lowest BCUT2D eigenvalue weighted by atomic mass is 10.1. The Kier molecular flexibility index (Phi) is 10.6. The second kappa shape index (κ2) is 11.9. The summed E-state index contributed by atoms with van der Waals surface area (Å²) in [5.41, 5.74) is 0. The van der Waals surface area contributed by atoms with E-state index in [0.717, 1.165) is 58.1 Å². The average molecular weight is 452 g/mol. The Hall–Kier alpha value is -0.540. The van der Waals surface area contributed by atoms with E-state index >= 15 is 0 Å². The van der Waals surface area contributed by atoms with Crippen LogP contribution in [0.15, 0.2) is 22.5 Å². The van der Waals surface area contributed by atoms with Gasteiger partial charge < -0.3 is 20.3 Å². The van der Waals surface area contributed by atoms with Crippen molar-refractivity contribution in [2.75, 3.05) is 44.8 Å². The quantitative estimate of drug-likeness (QED) is 0.289. The van der Waals surface area contributed by atoms with Gasteiger partial charge in [-0.1, -0.05) is 0 Å². The van der Waals surface area contributed by atoms with Gasteiger partial charge in [0.2, 0.25) is 0 Å². The maximum atomic E-state index is 5.34. The van der Waals surface area contributed by atoms with Crippen LogP contribution in [-0.2, 0) is 4.74 Å². The van der Waals surface area contributed by atoms with Crippen LogP contribution in [0.3, 0.4) is 0 Å². The minimum Gasteiger partial charge on any atom is -0.382 e. The highest BCUT2D eigenvalue weighted by molar-refractivity contribution is 14.0. The highest BCUT2D eigenvalue weighted by Crippen LogP contribution is 2.24. The molecule has 23 heavy (non-hydrogen) atoms. The number of ether oxygens (including phenoxy) is 1. The van der Waals surface area contributed by atoms with Crippen molar-refractivity contribution in [3.05, 3.63) is 17.5 Å². The summed E-state index contributed by atoms with van der Waals surface area (Å²) in [6, 6.07) is 4.84. The molecule has 2 heterocycles. The number of rotatable bonds is 7. The van der Waals surface area contributed by atoms with Gasteiger partial charge >= 0.3 is 0 Å². The van der Waals surface area contributed by atoms with E-state index < -0.39 is 0 Å². The van der Waals surface area contributed by atoms with Crippen LogP contribution in [-0.4, -0.2) is 51.9 Å². The Labute approximate surface area is 160 Å². The summed E-state index contributed by atoms with van der Waals surface area (Å²) in [4.78, 5) is 6.78. The van der Waals surface area contributed by atoms with Crippen molar-refractivity contribution in [1.29, 1.82) is 0 Å². The Bertz CT molecular complexity index is 433. The molecule has 0 atom stereocenters. The van der Waals surface area contributed by atoms with Crippen LogP contribution in [0.25, 0.3) is 0 Å². The molecule has 1 aliphatic rings. The largest absolute Gasteiger partial charge is 0.382 e. The van der Waals surface area contributed by atoms with E-state index in [-0.39, 0.29) is 24.0 Å². The van der Waals surface area contributed by atoms with Gasteiger partial charge in [-0.2, -0.15) is 0 Å². The van der Waals surface area contributed by atoms with Crippen molar-refractivity contribution < 1.29 is 4.74 Å². The van der Waals surface area contributed by atoms with Crippen molar-refractivity contribution in [2.24, 2.45) is 4.99 Å². The number of nitrogens with zero attached hydrogens (tertiary/aromatic N) is 2. The molecule has 1 aliphatic heterocycles. The first-order valence-corrected chi connectivity index (χ1v) is 9.04. The van der Waals surface area contributed by atoms with Gasteiger partial charge in [0.1, 0.15) is 0 Å². The van der Waals surface area contributed by atoms with Crippen molar-refractivity contribution in [3.8, 4) is 0 Å². The number of hydrogen-bond acceptors (Lipinski definition) is 4. The van der Waals surface area contributed by atoms with Crippen molar-refractivity contribution in [1.82, 2.24) is 10.6 Å². The van der Waals surface area contributed by atoms with Gasteiger partial charge in [-0.15, -0.1) is 35.3 Å². The zero-order chi connectivity index (χ0) is 15.6. The van der Waals surface area contributed by atoms with E-state index in [1.807, 2.05) is 25.3 Å². The first-order valence-electron chi connectivity index (χ1n) is 8.17. The van der Waals surface area contributed by atoms with Gasteiger partial charge in [0.05, 0.1) is 5.00 Å². The number of anilines is 1. The fraction of sp³-hybridized carbons (Fsp3) is 0.688. The molecular formula is C16H29IN4OS. The summed E-state index contributed by atoms with van der Waals surface area (Å²) in [7, 11) is 1.83. The van der Waals surface area contributed by atoms with Crippen molar-refractivity contribution in [3.63, 3.8) is 0 Å². The fourth-order valence-corrected chi connectivity index (χ4v) is 3.39. The Balaban J connectivity index is 0.00000264. The molecule has 0 aromatic carbocycles. The van der Waals surface area contributed by atoms with Crippen LogP contribution >= 0.6 is 35.3 Å². The molecule has 0 bridgehead atoms. The maximum Gasteiger partial charge on any atom is 0.191 e. The highest BCUT2D eigenvalue weighted by Gasteiger charge is 2.20. The third-order valence-corrected chi connectivity index (χ3v) is 4.77. The minimum absolute atomic E-state index is 0. The van der Waals surface area contributed by atoms with E-state index in [4.69, 9.17) is 4.74 Å². The molecule has 0 saturated carbocycles. The predicted molar refractivity (Wildman–Crippen MR) is 111 cm³/mol. The van der Waals surface area contributed by atoms with Crippen LogP contribution in [0.2, 0.25) is 0 Å². The molecule has 0 unspecified atom stereocenters. The summed E-state index contributed by atoms with van der Waals surface area (Å²) in [6.45, 7) is 6.73. The molecule has 0 aliphatic carbocycles. The van der Waals surface area contributed by atoms with E-state index in [0.29, 0.717) is 6.04 Å². The van der Waals surface area contributed by atoms with Gasteiger partial charge in [0.15, 0.2) is 5.96 Å². The van der Waals surface area contributed by atoms with Crippen molar-refractivity contribution >= 4 is 46.3 Å². The normalized spacial score (nSPS) is 16.1. The van der Waals surface area contributed by atoms with Gasteiger partial charge in [0, 0.05) is 45.9 Å². The van der Waals surface area contributed by atoms with Crippen LogP contribution in [0.5, 0.6) is 0 Å². The number of nitrogens with one attached hydrogen (secondary N) is 2. The Morgan fingerprint density at radius 1 is 1.43 bits per heavy atom. The fourth-order valence-electron chi connectivity index (χ4n) is 2.61. The third kappa shape index (κ3) is 7.26. The molecule has 132 valence electrons. The van der Waals surface area contributed by atoms with Crippen LogP contribution in [0.4, 0.5) is 5.00 Å². The first-order chi connectivity index (χ1) is 10.8. The third-order valence-electron chi connectivity index (χ3n) is 3.84. The average Bonchev–Trinajstić information content (AvgIpc) is 3.08. The summed E-state index contributed by atoms with van der Waals surface area (Å²) in [6.07, 6.45) is 3.31. The smallest absolute Gasteiger partial charge is 0.191 e. The molecule has 0 amide bonds. The number of guanidine groups is 1. The molecule has 0 spiro atoms. The lowest BCUT2D eigenvalue weighted by Crippen LogP contribution is -2.48. The number of hydrogen-bond donors (Lipinski definition) is 2. The van der Waals surface area contributed by atoms with E-state index in [1.165, 1.54) is 5.00 Å². The Morgan fingerprint density at radius 3 is 2.83 bits per heavy atom. The maximum absolute atomic E-state index is 5.34. The Morgan fingerprint density at radius 2 is 2.22 bits per heavy atom. The summed E-state index contributed by atoms with van der Waals surface area (Å²) in [5.74, 6) is 0.908. The molecule has 1 saturated heterocycles. The summed E-state index contributed by atoms with van der Waals surface area (Å²) >= 11 is 1.82. The SMILES string of the molecule is CCOCCCNC(=NC)NC1CCN(c2cccs2)CC1.I. The van der Waals surface area contributed by atoms with Crippen molar-refractivity contribution in [2.45, 2.75) is 32.2 Å². The molecule has 1 aromatic rings. The molecule has 0 radical (unpaired) electrons. The highest BCUT2D eigenvalue weighted by atomic mass is 127. The summed E-state index contributed by atoms with van der Waals surface area (Å²) < 4.78 is 5.34. The van der Waals surface area contributed by atoms with Crippen LogP contribution in [0, 0.1) is 0 Å². The molecule has 5 nitrogen and oxygen atoms in total. The van der Waals surface area contributed by atoms with E-state index in [1.54, 1.807) is 0 Å². The molecule has 1 aromatic heterocycles. The minimum atomic E-state index is 0. The first kappa shape index (κ1) is 20.5. The number of piperidine rings is 1. The second-order valence-electron chi connectivity index (χ2n) is 5.41. The van der Waals surface area contributed by atoms with Gasteiger partial charge in [-0.25, -0.2) is 0 Å². The summed E-state index contributed by atoms with van der Waals surface area (Å²) in [5, 5.41) is 10.4. The zero-order valence-electron chi connectivity index (χ0n) is 14.1. The van der Waals surface area contributed by atoms with Crippen LogP contribution in [0.1, 0.15) is 26.2 Å². The molecule has 2 N–H and O–H groups in total. The molecule has 7 heteroatoms. The predicted octanol–water partition coefficient (Wildman–Crippen LogP) is 2.93. The standard InChI is InChI=1S/C16H28N4OS.HI/c1-3-21-12-5-9-18-16(17-2)19-14-7-10-20(11-8-14)15-6-4-13-22-15;/h4,6,13-14H,3,5,7-12H2,1-2H3,(H2,17,18,19);1H. The van der Waals surface area contributed by atoms with Gasteiger partial charge in [-0.3, -0.25) is 4.99 Å². The monoisotopic (exact) mass is 452 g/mol. The topological polar surface area (TPSA) is 48.9 Å².